The van der Waals surface area contributed by atoms with Crippen LogP contribution >= 0.6 is 0 Å². The highest BCUT2D eigenvalue weighted by Gasteiger charge is 2.19. The van der Waals surface area contributed by atoms with Gasteiger partial charge in [-0.2, -0.15) is 0 Å². The van der Waals surface area contributed by atoms with Gasteiger partial charge in [0.2, 0.25) is 0 Å². The maximum atomic E-state index is 12.7. The molecule has 6 heteroatoms. The number of esters is 3. The van der Waals surface area contributed by atoms with E-state index < -0.39 is 6.10 Å². The van der Waals surface area contributed by atoms with Crippen molar-refractivity contribution in [1.82, 2.24) is 0 Å². The Morgan fingerprint density at radius 2 is 0.714 bits per heavy atom. The number of unbranched alkanes of at least 4 members (excludes halogenated alkanes) is 14. The Bertz CT molecular complexity index is 1120. The van der Waals surface area contributed by atoms with E-state index in [2.05, 4.69) is 106 Å². The summed E-state index contributed by atoms with van der Waals surface area (Å²) in [5, 5.41) is 0. The van der Waals surface area contributed by atoms with Crippen molar-refractivity contribution in [3.05, 3.63) is 85.1 Å². The van der Waals surface area contributed by atoms with E-state index in [1.54, 1.807) is 0 Å². The molecule has 0 rings (SSSR count). The summed E-state index contributed by atoms with van der Waals surface area (Å²) in [4.78, 5) is 37.5. The van der Waals surface area contributed by atoms with E-state index in [-0.39, 0.29) is 37.5 Å². The van der Waals surface area contributed by atoms with Crippen LogP contribution < -0.4 is 0 Å². The molecule has 0 heterocycles. The van der Waals surface area contributed by atoms with Gasteiger partial charge in [0, 0.05) is 19.3 Å². The predicted octanol–water partition coefficient (Wildman–Crippen LogP) is 14.5. The van der Waals surface area contributed by atoms with Crippen LogP contribution in [0, 0.1) is 0 Å². The third kappa shape index (κ3) is 41.7. The van der Waals surface area contributed by atoms with Crippen molar-refractivity contribution in [2.24, 2.45) is 0 Å². The molecule has 0 fully saturated rings. The monoisotopic (exact) mass is 779 g/mol. The van der Waals surface area contributed by atoms with Crippen molar-refractivity contribution in [3.63, 3.8) is 0 Å². The molecule has 0 spiro atoms. The lowest BCUT2D eigenvalue weighted by molar-refractivity contribution is -0.167. The van der Waals surface area contributed by atoms with Gasteiger partial charge in [-0.25, -0.2) is 0 Å². The van der Waals surface area contributed by atoms with Crippen LogP contribution in [0.25, 0.3) is 0 Å². The largest absolute Gasteiger partial charge is 0.462 e. The summed E-state index contributed by atoms with van der Waals surface area (Å²) in [6.07, 6.45) is 55.9. The number of hydrogen-bond donors (Lipinski definition) is 0. The number of hydrogen-bond acceptors (Lipinski definition) is 6. The number of allylic oxidation sites excluding steroid dienone is 14. The highest BCUT2D eigenvalue weighted by molar-refractivity contribution is 5.71. The van der Waals surface area contributed by atoms with E-state index in [1.807, 2.05) is 0 Å². The SMILES string of the molecule is CC/C=C\C/C=C\C/C=C\C/C=C\C/C=C\CCCC(=O)OCC(COC(=O)CCCCCCCC)OC(=O)CCCCCCC/C=C\C/C=C\CCCCC. The van der Waals surface area contributed by atoms with Crippen LogP contribution in [0.15, 0.2) is 85.1 Å². The molecule has 0 saturated carbocycles. The van der Waals surface area contributed by atoms with Crippen molar-refractivity contribution in [1.29, 1.82) is 0 Å². The van der Waals surface area contributed by atoms with Gasteiger partial charge in [0.1, 0.15) is 13.2 Å². The molecule has 0 aromatic carbocycles. The first-order chi connectivity index (χ1) is 27.5. The molecule has 56 heavy (non-hydrogen) atoms. The van der Waals surface area contributed by atoms with Gasteiger partial charge >= 0.3 is 17.9 Å². The van der Waals surface area contributed by atoms with Crippen molar-refractivity contribution >= 4 is 17.9 Å². The molecule has 0 saturated heterocycles. The molecule has 0 aliphatic carbocycles. The lowest BCUT2D eigenvalue weighted by atomic mass is 10.1. The summed E-state index contributed by atoms with van der Waals surface area (Å²) < 4.78 is 16.6. The maximum absolute atomic E-state index is 12.7. The minimum Gasteiger partial charge on any atom is -0.462 e. The van der Waals surface area contributed by atoms with E-state index >= 15 is 0 Å². The smallest absolute Gasteiger partial charge is 0.306 e. The quantitative estimate of drug-likeness (QED) is 0.0268. The van der Waals surface area contributed by atoms with Crippen LogP contribution in [0.3, 0.4) is 0 Å². The lowest BCUT2D eigenvalue weighted by Crippen LogP contribution is -2.30. The maximum Gasteiger partial charge on any atom is 0.306 e. The van der Waals surface area contributed by atoms with Gasteiger partial charge in [0.05, 0.1) is 0 Å². The number of carbonyl (C=O) groups is 3. The molecule has 1 unspecified atom stereocenters. The van der Waals surface area contributed by atoms with E-state index in [0.717, 1.165) is 103 Å². The normalized spacial score (nSPS) is 12.8. The number of ether oxygens (including phenoxy) is 3. The lowest BCUT2D eigenvalue weighted by Gasteiger charge is -2.18. The second kappa shape index (κ2) is 44.3. The van der Waals surface area contributed by atoms with Gasteiger partial charge in [-0.1, -0.05) is 170 Å². The summed E-state index contributed by atoms with van der Waals surface area (Å²) in [7, 11) is 0. The van der Waals surface area contributed by atoms with Crippen molar-refractivity contribution in [3.8, 4) is 0 Å². The van der Waals surface area contributed by atoms with Crippen LogP contribution in [-0.4, -0.2) is 37.2 Å². The Morgan fingerprint density at radius 3 is 1.20 bits per heavy atom. The molecule has 0 aliphatic rings. The molecule has 1 atom stereocenters. The molecule has 0 aliphatic heterocycles. The van der Waals surface area contributed by atoms with Crippen molar-refractivity contribution < 1.29 is 28.6 Å². The van der Waals surface area contributed by atoms with Gasteiger partial charge < -0.3 is 14.2 Å². The van der Waals surface area contributed by atoms with E-state index in [4.69, 9.17) is 14.2 Å². The van der Waals surface area contributed by atoms with E-state index in [9.17, 15) is 14.4 Å². The average Bonchev–Trinajstić information content (AvgIpc) is 3.19. The third-order valence-electron chi connectivity index (χ3n) is 9.13. The minimum atomic E-state index is -0.802. The Balaban J connectivity index is 4.41. The Morgan fingerprint density at radius 1 is 0.375 bits per heavy atom. The molecule has 0 N–H and O–H groups in total. The van der Waals surface area contributed by atoms with Crippen LogP contribution in [0.5, 0.6) is 0 Å². The first-order valence-corrected chi connectivity index (χ1v) is 22.6. The fraction of sp³-hybridized carbons (Fsp3) is 0.660. The highest BCUT2D eigenvalue weighted by atomic mass is 16.6. The predicted molar refractivity (Wildman–Crippen MR) is 237 cm³/mol. The fourth-order valence-corrected chi connectivity index (χ4v) is 5.74. The number of rotatable bonds is 39. The minimum absolute atomic E-state index is 0.101. The summed E-state index contributed by atoms with van der Waals surface area (Å²) >= 11 is 0. The summed E-state index contributed by atoms with van der Waals surface area (Å²) in [6.45, 7) is 6.35. The molecule has 0 bridgehead atoms. The Hall–Kier alpha value is -3.41. The molecular formula is C50H82O6. The molecule has 0 radical (unpaired) electrons. The fourth-order valence-electron chi connectivity index (χ4n) is 5.74. The molecule has 6 nitrogen and oxygen atoms in total. The molecule has 0 aromatic rings. The van der Waals surface area contributed by atoms with Crippen LogP contribution in [0.2, 0.25) is 0 Å². The Labute approximate surface area is 344 Å². The second-order valence-corrected chi connectivity index (χ2v) is 14.6. The zero-order valence-electron chi connectivity index (χ0n) is 36.1. The van der Waals surface area contributed by atoms with Gasteiger partial charge in [-0.15, -0.1) is 0 Å². The van der Waals surface area contributed by atoms with Crippen LogP contribution in [0.1, 0.15) is 194 Å². The number of carbonyl (C=O) groups excluding carboxylic acids is 3. The molecule has 0 aromatic heterocycles. The molecular weight excluding hydrogens is 697 g/mol. The zero-order valence-corrected chi connectivity index (χ0v) is 36.1. The third-order valence-corrected chi connectivity index (χ3v) is 9.13. The van der Waals surface area contributed by atoms with E-state index in [1.165, 1.54) is 44.9 Å². The standard InChI is InChI=1S/C50H82O6/c1-4-7-10-13-16-18-20-22-24-25-27-28-30-32-34-37-40-43-49(52)55-46-47(45-54-48(51)42-39-36-15-12-9-6-3)56-50(53)44-41-38-35-33-31-29-26-23-21-19-17-14-11-8-5-2/h7,10,16-19,22-24,26-28,32,34,47H,4-6,8-9,11-15,20-21,25,29-31,33,35-46H2,1-3H3/b10-7-,18-16-,19-17-,24-22-,26-23-,28-27-,34-32-. The van der Waals surface area contributed by atoms with Crippen molar-refractivity contribution in [2.75, 3.05) is 13.2 Å². The van der Waals surface area contributed by atoms with Crippen LogP contribution in [-0.2, 0) is 28.6 Å². The van der Waals surface area contributed by atoms with Gasteiger partial charge in [-0.3, -0.25) is 14.4 Å². The first kappa shape index (κ1) is 52.6. The molecule has 0 amide bonds. The topological polar surface area (TPSA) is 78.9 Å². The van der Waals surface area contributed by atoms with Gasteiger partial charge in [-0.05, 0) is 89.9 Å². The van der Waals surface area contributed by atoms with Gasteiger partial charge in [0.25, 0.3) is 0 Å². The summed E-state index contributed by atoms with van der Waals surface area (Å²) in [5.74, 6) is -0.994. The van der Waals surface area contributed by atoms with Gasteiger partial charge in [0.15, 0.2) is 6.10 Å². The van der Waals surface area contributed by atoms with E-state index in [0.29, 0.717) is 19.3 Å². The van der Waals surface area contributed by atoms with Crippen LogP contribution in [0.4, 0.5) is 0 Å². The average molecular weight is 779 g/mol. The van der Waals surface area contributed by atoms with Crippen molar-refractivity contribution in [2.45, 2.75) is 200 Å². The first-order valence-electron chi connectivity index (χ1n) is 22.6. The molecule has 318 valence electrons. The second-order valence-electron chi connectivity index (χ2n) is 14.6. The summed E-state index contributed by atoms with van der Waals surface area (Å²) in [6, 6.07) is 0. The highest BCUT2D eigenvalue weighted by Crippen LogP contribution is 2.12. The summed E-state index contributed by atoms with van der Waals surface area (Å²) in [5.41, 5.74) is 0. The zero-order chi connectivity index (χ0) is 40.8. The Kier molecular flexibility index (Phi) is 41.6.